The van der Waals surface area contributed by atoms with Crippen LogP contribution in [-0.4, -0.2) is 59.3 Å². The zero-order chi connectivity index (χ0) is 30.1. The number of fused-ring (bicyclic) bond motifs is 1. The lowest BCUT2D eigenvalue weighted by Gasteiger charge is -2.28. The van der Waals surface area contributed by atoms with Gasteiger partial charge in [-0.05, 0) is 63.8 Å². The quantitative estimate of drug-likeness (QED) is 0.208. The number of primary amides is 1. The number of carbonyl (C=O) groups excluding carboxylic acids is 2. The fourth-order valence-corrected chi connectivity index (χ4v) is 4.78. The van der Waals surface area contributed by atoms with Gasteiger partial charge >= 0.3 is 6.03 Å². The molecule has 3 aromatic rings. The number of aliphatic hydroxyl groups excluding tert-OH is 1. The minimum atomic E-state index is -0.474. The van der Waals surface area contributed by atoms with Crippen molar-refractivity contribution in [1.82, 2.24) is 15.2 Å². The predicted octanol–water partition coefficient (Wildman–Crippen LogP) is 4.67. The average Bonchev–Trinajstić information content (AvgIpc) is 2.92. The van der Waals surface area contributed by atoms with Crippen LogP contribution in [0.1, 0.15) is 57.7 Å². The van der Waals surface area contributed by atoms with Gasteiger partial charge in [0, 0.05) is 47.5 Å². The zero-order valence-corrected chi connectivity index (χ0v) is 24.9. The molecule has 0 bridgehead atoms. The van der Waals surface area contributed by atoms with Crippen LogP contribution in [0.3, 0.4) is 0 Å². The van der Waals surface area contributed by atoms with E-state index >= 15 is 0 Å². The van der Waals surface area contributed by atoms with Crippen LogP contribution < -0.4 is 25.8 Å². The number of hydrogen-bond acceptors (Lipinski definition) is 7. The molecule has 0 aliphatic carbocycles. The van der Waals surface area contributed by atoms with E-state index in [-0.39, 0.29) is 31.1 Å². The molecule has 1 aromatic heterocycles. The third-order valence-electron chi connectivity index (χ3n) is 6.75. The van der Waals surface area contributed by atoms with Gasteiger partial charge in [0.15, 0.2) is 11.5 Å². The molecule has 0 aliphatic rings. The average molecular weight is 566 g/mol. The normalized spacial score (nSPS) is 11.1. The van der Waals surface area contributed by atoms with Gasteiger partial charge in [-0.15, -0.1) is 0 Å². The third kappa shape index (κ3) is 8.00. The first-order valence-corrected chi connectivity index (χ1v) is 14.1. The van der Waals surface area contributed by atoms with Crippen molar-refractivity contribution in [3.63, 3.8) is 0 Å². The molecule has 0 radical (unpaired) electrons. The van der Waals surface area contributed by atoms with E-state index in [1.54, 1.807) is 18.2 Å². The van der Waals surface area contributed by atoms with Gasteiger partial charge in [-0.25, -0.2) is 4.79 Å². The van der Waals surface area contributed by atoms with Crippen LogP contribution in [0.15, 0.2) is 36.5 Å². The maximum atomic E-state index is 12.5. The Morgan fingerprint density at radius 3 is 2.49 bits per heavy atom. The van der Waals surface area contributed by atoms with E-state index < -0.39 is 5.91 Å². The number of methoxy groups -OCH3 is 1. The van der Waals surface area contributed by atoms with Crippen LogP contribution in [0, 0.1) is 0 Å². The number of pyridine rings is 1. The number of aromatic nitrogens is 1. The van der Waals surface area contributed by atoms with Gasteiger partial charge in [0.25, 0.3) is 0 Å². The van der Waals surface area contributed by atoms with E-state index in [0.717, 1.165) is 22.2 Å². The molecule has 0 spiro atoms. The molecule has 3 amide bonds. The molecule has 0 aliphatic heterocycles. The fourth-order valence-electron chi connectivity index (χ4n) is 4.78. The summed E-state index contributed by atoms with van der Waals surface area (Å²) in [6.45, 7) is 10.7. The highest BCUT2D eigenvalue weighted by Crippen LogP contribution is 2.38. The van der Waals surface area contributed by atoms with E-state index in [1.807, 2.05) is 65.0 Å². The summed E-state index contributed by atoms with van der Waals surface area (Å²) >= 11 is 0. The molecule has 0 fully saturated rings. The number of nitrogens with two attached hydrogens (primary N) is 1. The standard InChI is InChI=1S/C31H43N5O5/c1-7-23-21(18-37)10-8-11-25(23)35-30-22(14-29(32)38)17-33-26-16-28(27(40-6)15-24(26)30)41-13-9-12-36(20(4)5)31(39)34-19(2)3/h8,10-11,15-17,19-20,37H,7,9,12-14,18H2,1-6H3,(H2,32,38)(H,33,35)(H,34,39). The Balaban J connectivity index is 1.92. The zero-order valence-electron chi connectivity index (χ0n) is 24.9. The van der Waals surface area contributed by atoms with Gasteiger partial charge in [0.2, 0.25) is 5.91 Å². The van der Waals surface area contributed by atoms with Crippen LogP contribution in [0.2, 0.25) is 0 Å². The highest BCUT2D eigenvalue weighted by atomic mass is 16.5. The van der Waals surface area contributed by atoms with Gasteiger partial charge in [-0.2, -0.15) is 0 Å². The number of urea groups is 1. The van der Waals surface area contributed by atoms with Crippen molar-refractivity contribution in [3.8, 4) is 11.5 Å². The molecule has 222 valence electrons. The van der Waals surface area contributed by atoms with Crippen LogP contribution in [0.25, 0.3) is 10.9 Å². The van der Waals surface area contributed by atoms with Gasteiger partial charge in [0.05, 0.1) is 37.9 Å². The minimum absolute atomic E-state index is 0.00370. The number of nitrogens with one attached hydrogen (secondary N) is 2. The molecule has 0 saturated carbocycles. The largest absolute Gasteiger partial charge is 0.493 e. The minimum Gasteiger partial charge on any atom is -0.493 e. The molecular weight excluding hydrogens is 522 g/mol. The van der Waals surface area contributed by atoms with Crippen LogP contribution in [0.4, 0.5) is 16.2 Å². The fraction of sp³-hybridized carbons (Fsp3) is 0.452. The van der Waals surface area contributed by atoms with Gasteiger partial charge in [-0.3, -0.25) is 9.78 Å². The van der Waals surface area contributed by atoms with Crippen molar-refractivity contribution in [2.45, 2.75) is 72.6 Å². The third-order valence-corrected chi connectivity index (χ3v) is 6.75. The van der Waals surface area contributed by atoms with E-state index in [9.17, 15) is 14.7 Å². The summed E-state index contributed by atoms with van der Waals surface area (Å²) in [6, 6.07) is 9.38. The van der Waals surface area contributed by atoms with E-state index in [1.165, 1.54) is 0 Å². The summed E-state index contributed by atoms with van der Waals surface area (Å²) in [5, 5.41) is 17.0. The Kier molecular flexibility index (Phi) is 11.2. The van der Waals surface area contributed by atoms with Crippen molar-refractivity contribution >= 4 is 34.2 Å². The van der Waals surface area contributed by atoms with Crippen molar-refractivity contribution in [2.24, 2.45) is 5.73 Å². The van der Waals surface area contributed by atoms with Crippen molar-refractivity contribution in [3.05, 3.63) is 53.2 Å². The molecule has 5 N–H and O–H groups in total. The Morgan fingerprint density at radius 2 is 1.88 bits per heavy atom. The van der Waals surface area contributed by atoms with Crippen LogP contribution in [-0.2, 0) is 24.2 Å². The summed E-state index contributed by atoms with van der Waals surface area (Å²) in [5.74, 6) is 0.565. The van der Waals surface area contributed by atoms with Gasteiger partial charge < -0.3 is 35.8 Å². The summed E-state index contributed by atoms with van der Waals surface area (Å²) in [4.78, 5) is 30.8. The molecule has 1 heterocycles. The number of amides is 3. The monoisotopic (exact) mass is 565 g/mol. The second-order valence-electron chi connectivity index (χ2n) is 10.5. The lowest BCUT2D eigenvalue weighted by Crippen LogP contribution is -2.46. The van der Waals surface area contributed by atoms with Crippen LogP contribution >= 0.6 is 0 Å². The van der Waals surface area contributed by atoms with E-state index in [4.69, 9.17) is 15.2 Å². The maximum Gasteiger partial charge on any atom is 0.317 e. The first-order valence-electron chi connectivity index (χ1n) is 14.1. The molecule has 10 heteroatoms. The second-order valence-corrected chi connectivity index (χ2v) is 10.5. The van der Waals surface area contributed by atoms with Crippen molar-refractivity contribution < 1.29 is 24.2 Å². The summed E-state index contributed by atoms with van der Waals surface area (Å²) in [7, 11) is 1.57. The molecule has 2 aromatic carbocycles. The second kappa shape index (κ2) is 14.5. The summed E-state index contributed by atoms with van der Waals surface area (Å²) < 4.78 is 11.8. The van der Waals surface area contributed by atoms with Crippen molar-refractivity contribution in [2.75, 3.05) is 25.6 Å². The lowest BCUT2D eigenvalue weighted by atomic mass is 10.0. The highest BCUT2D eigenvalue weighted by Gasteiger charge is 2.19. The molecule has 0 saturated heterocycles. The Labute approximate surface area is 242 Å². The molecule has 41 heavy (non-hydrogen) atoms. The molecule has 10 nitrogen and oxygen atoms in total. The summed E-state index contributed by atoms with van der Waals surface area (Å²) in [6.07, 6.45) is 2.98. The first-order chi connectivity index (χ1) is 19.6. The first kappa shape index (κ1) is 31.5. The Morgan fingerprint density at radius 1 is 1.12 bits per heavy atom. The topological polar surface area (TPSA) is 139 Å². The smallest absolute Gasteiger partial charge is 0.317 e. The van der Waals surface area contributed by atoms with Gasteiger partial charge in [0.1, 0.15) is 0 Å². The SMILES string of the molecule is CCc1c(CO)cccc1Nc1c(CC(N)=O)cnc2cc(OCCCN(C(=O)NC(C)C)C(C)C)c(OC)cc12. The van der Waals surface area contributed by atoms with E-state index in [2.05, 4.69) is 15.6 Å². The number of aliphatic hydroxyl groups is 1. The van der Waals surface area contributed by atoms with Crippen molar-refractivity contribution in [1.29, 1.82) is 0 Å². The molecule has 0 atom stereocenters. The number of ether oxygens (including phenoxy) is 2. The number of carbonyl (C=O) groups is 2. The Bertz CT molecular complexity index is 1360. The molecule has 0 unspecified atom stereocenters. The molecular formula is C31H43N5O5. The summed E-state index contributed by atoms with van der Waals surface area (Å²) in [5.41, 5.74) is 10.2. The Hall–Kier alpha value is -4.05. The number of rotatable bonds is 14. The van der Waals surface area contributed by atoms with E-state index in [0.29, 0.717) is 54.3 Å². The number of hydrogen-bond donors (Lipinski definition) is 4. The lowest BCUT2D eigenvalue weighted by molar-refractivity contribution is -0.117. The number of anilines is 2. The predicted molar refractivity (Wildman–Crippen MR) is 162 cm³/mol. The highest BCUT2D eigenvalue weighted by molar-refractivity contribution is 5.98. The number of benzene rings is 2. The maximum absolute atomic E-state index is 12.5. The number of nitrogens with zero attached hydrogens (tertiary/aromatic N) is 2. The van der Waals surface area contributed by atoms with Crippen LogP contribution in [0.5, 0.6) is 11.5 Å². The molecule has 3 rings (SSSR count). The van der Waals surface area contributed by atoms with Gasteiger partial charge in [-0.1, -0.05) is 19.1 Å².